The summed E-state index contributed by atoms with van der Waals surface area (Å²) >= 11 is 10.1. The van der Waals surface area contributed by atoms with Crippen molar-refractivity contribution in [3.8, 4) is 5.75 Å². The van der Waals surface area contributed by atoms with Crippen LogP contribution in [0, 0.1) is 10.1 Å². The first-order valence-corrected chi connectivity index (χ1v) is 13.0. The second-order valence-electron chi connectivity index (χ2n) is 7.77. The van der Waals surface area contributed by atoms with E-state index in [2.05, 4.69) is 57.8 Å². The van der Waals surface area contributed by atoms with Crippen LogP contribution in [-0.2, 0) is 22.7 Å². The van der Waals surface area contributed by atoms with Crippen molar-refractivity contribution in [2.45, 2.75) is 13.2 Å². The van der Waals surface area contributed by atoms with Gasteiger partial charge in [-0.2, -0.15) is 0 Å². The Bertz CT molecular complexity index is 1500. The van der Waals surface area contributed by atoms with Crippen LogP contribution in [0.4, 0.5) is 10.5 Å². The highest BCUT2D eigenvalue weighted by Crippen LogP contribution is 2.38. The molecule has 4 rings (SSSR count). The van der Waals surface area contributed by atoms with Gasteiger partial charge in [-0.25, -0.2) is 9.59 Å². The first kappa shape index (κ1) is 27.5. The van der Waals surface area contributed by atoms with E-state index >= 15 is 0 Å². The third-order valence-electron chi connectivity index (χ3n) is 5.27. The molecule has 1 N–H and O–H groups in total. The highest BCUT2D eigenvalue weighted by atomic mass is 79.9. The molecule has 1 aromatic heterocycles. The van der Waals surface area contributed by atoms with E-state index in [0.29, 0.717) is 0 Å². The first-order chi connectivity index (χ1) is 18.1. The van der Waals surface area contributed by atoms with E-state index < -0.39 is 22.8 Å². The maximum absolute atomic E-state index is 12.9. The van der Waals surface area contributed by atoms with Crippen molar-refractivity contribution in [1.29, 1.82) is 0 Å². The number of carbonyl (C=O) groups excluding carboxylic acids is 3. The number of nitrogens with zero attached hydrogens (tertiary/aromatic N) is 2. The predicted molar refractivity (Wildman–Crippen MR) is 144 cm³/mol. The number of nitro groups is 1. The Morgan fingerprint density at radius 2 is 1.89 bits per heavy atom. The highest BCUT2D eigenvalue weighted by Gasteiger charge is 2.34. The quantitative estimate of drug-likeness (QED) is 0.0996. The number of nitro benzene ring substituents is 1. The van der Waals surface area contributed by atoms with E-state index in [-0.39, 0.29) is 51.8 Å². The summed E-state index contributed by atoms with van der Waals surface area (Å²) in [6.45, 7) is -0.178. The second-order valence-corrected chi connectivity index (χ2v) is 10.4. The summed E-state index contributed by atoms with van der Waals surface area (Å²) in [5, 5.41) is 14.3. The monoisotopic (exact) mass is 711 g/mol. The van der Waals surface area contributed by atoms with Crippen molar-refractivity contribution in [2.75, 3.05) is 7.11 Å². The number of methoxy groups -OCH3 is 1. The lowest BCUT2D eigenvalue weighted by molar-refractivity contribution is -0.386. The molecule has 0 bridgehead atoms. The lowest BCUT2D eigenvalue weighted by Gasteiger charge is -2.11. The molecule has 0 radical (unpaired) electrons. The molecular formula is C24H16Br3N3O8. The van der Waals surface area contributed by atoms with Gasteiger partial charge in [0.2, 0.25) is 11.5 Å². The van der Waals surface area contributed by atoms with Crippen LogP contribution in [0.15, 0.2) is 66.0 Å². The molecule has 11 nitrogen and oxygen atoms in total. The number of nitrogens with one attached hydrogen (secondary N) is 1. The van der Waals surface area contributed by atoms with Gasteiger partial charge >= 0.3 is 17.7 Å². The van der Waals surface area contributed by atoms with Crippen LogP contribution < -0.4 is 10.1 Å². The Balaban J connectivity index is 1.55. The molecule has 1 fully saturated rings. The van der Waals surface area contributed by atoms with E-state index in [0.717, 1.165) is 19.4 Å². The Morgan fingerprint density at radius 1 is 1.13 bits per heavy atom. The molecule has 0 spiro atoms. The minimum Gasteiger partial charge on any atom is -0.481 e. The van der Waals surface area contributed by atoms with E-state index in [4.69, 9.17) is 9.15 Å². The van der Waals surface area contributed by atoms with Crippen LogP contribution in [0.2, 0.25) is 0 Å². The van der Waals surface area contributed by atoms with E-state index in [9.17, 15) is 24.5 Å². The molecule has 0 saturated carbocycles. The standard InChI is InChI=1S/C24H16Br3N3O8/c1-36-23(32)20-5-4-15(38-20)10-29-22(31)18(28-24(29)33)7-12-6-17(27)21(19(8-12)30(34)35)37-11-13-2-3-14(25)9-16(13)26/h2-9H,10-11H2,1H3,(H,28,33)/b18-7-. The number of carbonyl (C=O) groups is 3. The van der Waals surface area contributed by atoms with Gasteiger partial charge in [0.25, 0.3) is 5.91 Å². The molecule has 196 valence electrons. The number of urea groups is 1. The Kier molecular flexibility index (Phi) is 8.33. The summed E-state index contributed by atoms with van der Waals surface area (Å²) in [4.78, 5) is 48.9. The summed E-state index contributed by atoms with van der Waals surface area (Å²) in [7, 11) is 1.20. The first-order valence-electron chi connectivity index (χ1n) is 10.6. The minimum atomic E-state index is -0.717. The van der Waals surface area contributed by atoms with E-state index in [1.807, 2.05) is 18.2 Å². The van der Waals surface area contributed by atoms with Crippen LogP contribution in [0.25, 0.3) is 6.08 Å². The summed E-state index contributed by atoms with van der Waals surface area (Å²) in [6, 6.07) is 10.3. The number of imide groups is 1. The number of benzene rings is 2. The molecule has 2 aromatic carbocycles. The fourth-order valence-corrected chi connectivity index (χ4v) is 5.20. The molecule has 0 unspecified atom stereocenters. The van der Waals surface area contributed by atoms with Gasteiger partial charge in [-0.1, -0.05) is 37.9 Å². The van der Waals surface area contributed by atoms with E-state index in [1.165, 1.54) is 37.5 Å². The second kappa shape index (κ2) is 11.5. The van der Waals surface area contributed by atoms with Gasteiger partial charge in [0.05, 0.1) is 23.1 Å². The maximum atomic E-state index is 12.9. The highest BCUT2D eigenvalue weighted by molar-refractivity contribution is 9.11. The number of hydrogen-bond acceptors (Lipinski definition) is 8. The fourth-order valence-electron chi connectivity index (χ4n) is 3.46. The Hall–Kier alpha value is -3.49. The Labute approximate surface area is 240 Å². The summed E-state index contributed by atoms with van der Waals surface area (Å²) in [5.41, 5.74) is 0.620. The maximum Gasteiger partial charge on any atom is 0.373 e. The van der Waals surface area contributed by atoms with Crippen LogP contribution >= 0.6 is 47.8 Å². The van der Waals surface area contributed by atoms with Gasteiger partial charge in [0, 0.05) is 20.6 Å². The van der Waals surface area contributed by atoms with Gasteiger partial charge in [-0.3, -0.25) is 19.8 Å². The van der Waals surface area contributed by atoms with Gasteiger partial charge in [0.1, 0.15) is 18.1 Å². The molecular weight excluding hydrogens is 698 g/mol. The third kappa shape index (κ3) is 5.97. The SMILES string of the molecule is COC(=O)c1ccc(CN2C(=O)N/C(=C\c3cc(Br)c(OCc4ccc(Br)cc4Br)c([N+](=O)[O-])c3)C2=O)o1. The van der Waals surface area contributed by atoms with Crippen molar-refractivity contribution in [3.63, 3.8) is 0 Å². The van der Waals surface area contributed by atoms with Crippen LogP contribution in [0.1, 0.15) is 27.4 Å². The number of ether oxygens (including phenoxy) is 2. The summed E-state index contributed by atoms with van der Waals surface area (Å²) in [5.74, 6) is -1.25. The van der Waals surface area contributed by atoms with Crippen molar-refractivity contribution in [2.24, 2.45) is 0 Å². The topological polar surface area (TPSA) is 141 Å². The lowest BCUT2D eigenvalue weighted by Crippen LogP contribution is -2.30. The lowest BCUT2D eigenvalue weighted by atomic mass is 10.1. The zero-order valence-electron chi connectivity index (χ0n) is 19.3. The molecule has 3 aromatic rings. The number of esters is 1. The number of rotatable bonds is 8. The van der Waals surface area contributed by atoms with Crippen molar-refractivity contribution in [3.05, 3.63) is 94.3 Å². The summed E-state index contributed by atoms with van der Waals surface area (Å²) in [6.07, 6.45) is 1.31. The average Bonchev–Trinajstić information content (AvgIpc) is 3.44. The normalized spacial score (nSPS) is 14.1. The molecule has 1 aliphatic heterocycles. The Morgan fingerprint density at radius 3 is 2.58 bits per heavy atom. The van der Waals surface area contributed by atoms with Gasteiger partial charge in [0.15, 0.2) is 0 Å². The minimum absolute atomic E-state index is 0.00890. The average molecular weight is 714 g/mol. The van der Waals surface area contributed by atoms with Crippen LogP contribution in [0.3, 0.4) is 0 Å². The molecule has 1 aliphatic rings. The van der Waals surface area contributed by atoms with Crippen molar-refractivity contribution < 1.29 is 33.2 Å². The smallest absolute Gasteiger partial charge is 0.373 e. The zero-order chi connectivity index (χ0) is 27.6. The fraction of sp³-hybridized carbons (Fsp3) is 0.125. The predicted octanol–water partition coefficient (Wildman–Crippen LogP) is 5.93. The van der Waals surface area contributed by atoms with Gasteiger partial charge < -0.3 is 19.2 Å². The van der Waals surface area contributed by atoms with Crippen LogP contribution in [0.5, 0.6) is 5.75 Å². The molecule has 2 heterocycles. The number of halogens is 3. The third-order valence-corrected chi connectivity index (χ3v) is 7.09. The van der Waals surface area contributed by atoms with E-state index in [1.54, 1.807) is 0 Å². The number of hydrogen-bond donors (Lipinski definition) is 1. The van der Waals surface area contributed by atoms with Crippen molar-refractivity contribution in [1.82, 2.24) is 10.2 Å². The number of amides is 3. The van der Waals surface area contributed by atoms with Crippen LogP contribution in [-0.4, -0.2) is 34.8 Å². The molecule has 0 aliphatic carbocycles. The van der Waals surface area contributed by atoms with Gasteiger partial charge in [-0.15, -0.1) is 0 Å². The summed E-state index contributed by atoms with van der Waals surface area (Å²) < 4.78 is 17.6. The molecule has 1 saturated heterocycles. The van der Waals surface area contributed by atoms with Crippen molar-refractivity contribution >= 4 is 77.5 Å². The largest absolute Gasteiger partial charge is 0.481 e. The molecule has 38 heavy (non-hydrogen) atoms. The number of furan rings is 1. The molecule has 0 atom stereocenters. The molecule has 3 amide bonds. The zero-order valence-corrected chi connectivity index (χ0v) is 24.1. The molecule has 14 heteroatoms. The van der Waals surface area contributed by atoms with Gasteiger partial charge in [-0.05, 0) is 57.9 Å².